The molecule has 2 rings (SSSR count). The molecule has 1 aromatic carbocycles. The van der Waals surface area contributed by atoms with E-state index in [1.807, 2.05) is 36.4 Å². The van der Waals surface area contributed by atoms with Crippen LogP contribution in [0.4, 0.5) is 18.0 Å². The van der Waals surface area contributed by atoms with Gasteiger partial charge in [-0.3, -0.25) is 4.90 Å². The normalized spacial score (nSPS) is 13.8. The van der Waals surface area contributed by atoms with E-state index in [9.17, 15) is 33.0 Å². The van der Waals surface area contributed by atoms with Crippen molar-refractivity contribution in [3.8, 4) is 0 Å². The summed E-state index contributed by atoms with van der Waals surface area (Å²) in [6.45, 7) is 3.88. The molecule has 0 bridgehead atoms. The average Bonchev–Trinajstić information content (AvgIpc) is 3.06. The highest BCUT2D eigenvalue weighted by atomic mass is 127. The molecule has 2 unspecified atom stereocenters. The van der Waals surface area contributed by atoms with Crippen LogP contribution in [0.1, 0.15) is 37.1 Å². The predicted octanol–water partition coefficient (Wildman–Crippen LogP) is 4.73. The van der Waals surface area contributed by atoms with E-state index >= 15 is 0 Å². The standard InChI is InChI=1S/C20H23F3IN3O4/c1-12(2)7-16(18(28)29)27(19(30)31)17(24)8-15-9-25-11-26(15)10-13-3-5-14(6-4-13)20(21,22)23/h3-6,9,11-12,16-17H,7-8,10H2,1-2H3,(H,28,29)(H,30,31). The minimum atomic E-state index is -4.41. The molecule has 7 nitrogen and oxygen atoms in total. The zero-order valence-electron chi connectivity index (χ0n) is 16.9. The maximum absolute atomic E-state index is 12.7. The number of carboxylic acid groups (broad SMARTS) is 2. The predicted molar refractivity (Wildman–Crippen MR) is 115 cm³/mol. The second kappa shape index (κ2) is 10.3. The maximum atomic E-state index is 12.7. The lowest BCUT2D eigenvalue weighted by Gasteiger charge is -2.31. The third kappa shape index (κ3) is 6.84. The first kappa shape index (κ1) is 25.0. The SMILES string of the molecule is CC(C)CC(C(=O)O)N(C(=O)O)C(I)Cc1cncn1Cc1ccc(C(F)(F)F)cc1. The van der Waals surface area contributed by atoms with Crippen LogP contribution < -0.4 is 0 Å². The van der Waals surface area contributed by atoms with Crippen LogP contribution in [0.25, 0.3) is 0 Å². The Morgan fingerprint density at radius 1 is 1.19 bits per heavy atom. The molecule has 1 amide bonds. The first-order valence-corrected chi connectivity index (χ1v) is 10.7. The quantitative estimate of drug-likeness (QED) is 0.266. The van der Waals surface area contributed by atoms with Crippen molar-refractivity contribution in [3.63, 3.8) is 0 Å². The number of hydrogen-bond acceptors (Lipinski definition) is 3. The Morgan fingerprint density at radius 2 is 1.81 bits per heavy atom. The van der Waals surface area contributed by atoms with Crippen molar-refractivity contribution >= 4 is 34.7 Å². The van der Waals surface area contributed by atoms with Gasteiger partial charge in [0.15, 0.2) is 0 Å². The summed E-state index contributed by atoms with van der Waals surface area (Å²) < 4.78 is 39.2. The molecule has 2 atom stereocenters. The smallest absolute Gasteiger partial charge is 0.416 e. The summed E-state index contributed by atoms with van der Waals surface area (Å²) in [5.74, 6) is -1.23. The van der Waals surface area contributed by atoms with Gasteiger partial charge in [-0.1, -0.05) is 48.6 Å². The Hall–Kier alpha value is -2.31. The number of nitrogens with zero attached hydrogens (tertiary/aromatic N) is 3. The molecular formula is C20H23F3IN3O4. The fraction of sp³-hybridized carbons (Fsp3) is 0.450. The number of amides is 1. The van der Waals surface area contributed by atoms with E-state index in [1.54, 1.807) is 4.57 Å². The second-order valence-electron chi connectivity index (χ2n) is 7.52. The molecule has 11 heteroatoms. The Morgan fingerprint density at radius 3 is 2.29 bits per heavy atom. The van der Waals surface area contributed by atoms with Gasteiger partial charge in [-0.05, 0) is 30.0 Å². The van der Waals surface area contributed by atoms with Crippen molar-refractivity contribution in [1.82, 2.24) is 14.5 Å². The second-order valence-corrected chi connectivity index (χ2v) is 8.96. The number of hydrogen-bond donors (Lipinski definition) is 2. The molecule has 2 N–H and O–H groups in total. The van der Waals surface area contributed by atoms with Gasteiger partial charge in [-0.15, -0.1) is 0 Å². The van der Waals surface area contributed by atoms with E-state index < -0.39 is 33.9 Å². The van der Waals surface area contributed by atoms with Gasteiger partial charge in [0, 0.05) is 24.9 Å². The first-order valence-electron chi connectivity index (χ1n) is 9.43. The monoisotopic (exact) mass is 553 g/mol. The lowest BCUT2D eigenvalue weighted by Crippen LogP contribution is -2.49. The molecule has 0 radical (unpaired) electrons. The lowest BCUT2D eigenvalue weighted by atomic mass is 10.0. The molecule has 0 aliphatic rings. The largest absolute Gasteiger partial charge is 0.480 e. The zero-order chi connectivity index (χ0) is 23.3. The fourth-order valence-electron chi connectivity index (χ4n) is 3.16. The van der Waals surface area contributed by atoms with Crippen LogP contribution in [-0.2, 0) is 23.9 Å². The lowest BCUT2D eigenvalue weighted by molar-refractivity contribution is -0.143. The number of halogens is 4. The van der Waals surface area contributed by atoms with Gasteiger partial charge in [0.2, 0.25) is 0 Å². The van der Waals surface area contributed by atoms with E-state index in [-0.39, 0.29) is 25.3 Å². The fourth-order valence-corrected chi connectivity index (χ4v) is 4.23. The van der Waals surface area contributed by atoms with Gasteiger partial charge in [0.25, 0.3) is 0 Å². The van der Waals surface area contributed by atoms with Gasteiger partial charge in [0.1, 0.15) is 6.04 Å². The molecule has 1 aromatic heterocycles. The van der Waals surface area contributed by atoms with Crippen LogP contribution in [0.15, 0.2) is 36.8 Å². The molecular weight excluding hydrogens is 530 g/mol. The van der Waals surface area contributed by atoms with E-state index in [0.717, 1.165) is 17.0 Å². The Labute approximate surface area is 191 Å². The highest BCUT2D eigenvalue weighted by molar-refractivity contribution is 14.1. The average molecular weight is 553 g/mol. The topological polar surface area (TPSA) is 95.7 Å². The van der Waals surface area contributed by atoms with Crippen molar-refractivity contribution < 1.29 is 33.0 Å². The van der Waals surface area contributed by atoms with Crippen LogP contribution in [0.3, 0.4) is 0 Å². The highest BCUT2D eigenvalue weighted by Gasteiger charge is 2.35. The van der Waals surface area contributed by atoms with Crippen LogP contribution in [0.2, 0.25) is 0 Å². The summed E-state index contributed by atoms with van der Waals surface area (Å²) in [4.78, 5) is 28.5. The van der Waals surface area contributed by atoms with Gasteiger partial charge >= 0.3 is 18.2 Å². The van der Waals surface area contributed by atoms with Crippen LogP contribution in [-0.4, -0.2) is 46.8 Å². The molecule has 1 heterocycles. The van der Waals surface area contributed by atoms with E-state index in [1.165, 1.54) is 24.7 Å². The van der Waals surface area contributed by atoms with Crippen LogP contribution in [0, 0.1) is 5.92 Å². The third-order valence-corrected chi connectivity index (χ3v) is 5.69. The number of aliphatic carboxylic acids is 1. The molecule has 0 aliphatic heterocycles. The summed E-state index contributed by atoms with van der Waals surface area (Å²) in [7, 11) is 0. The van der Waals surface area contributed by atoms with E-state index in [4.69, 9.17) is 0 Å². The number of alkyl halides is 4. The number of carboxylic acids is 1. The van der Waals surface area contributed by atoms with E-state index in [2.05, 4.69) is 4.98 Å². The third-order valence-electron chi connectivity index (χ3n) is 4.65. The summed E-state index contributed by atoms with van der Waals surface area (Å²) in [6.07, 6.45) is -2.34. The molecule has 170 valence electrons. The molecule has 0 saturated carbocycles. The number of imidazole rings is 1. The maximum Gasteiger partial charge on any atom is 0.416 e. The van der Waals surface area contributed by atoms with Gasteiger partial charge in [-0.25, -0.2) is 14.6 Å². The van der Waals surface area contributed by atoms with Crippen molar-refractivity contribution in [2.24, 2.45) is 5.92 Å². The summed E-state index contributed by atoms with van der Waals surface area (Å²) in [5, 5.41) is 19.2. The summed E-state index contributed by atoms with van der Waals surface area (Å²) >= 11 is 1.89. The minimum Gasteiger partial charge on any atom is -0.480 e. The molecule has 0 fully saturated rings. The summed E-state index contributed by atoms with van der Waals surface area (Å²) in [6, 6.07) is 3.57. The van der Waals surface area contributed by atoms with Gasteiger partial charge in [0.05, 0.1) is 15.9 Å². The Bertz CT molecular complexity index is 900. The van der Waals surface area contributed by atoms with Crippen LogP contribution in [0.5, 0.6) is 0 Å². The Kier molecular flexibility index (Phi) is 8.32. The minimum absolute atomic E-state index is 0.0169. The van der Waals surface area contributed by atoms with E-state index in [0.29, 0.717) is 11.3 Å². The highest BCUT2D eigenvalue weighted by Crippen LogP contribution is 2.29. The van der Waals surface area contributed by atoms with Gasteiger partial charge < -0.3 is 14.8 Å². The van der Waals surface area contributed by atoms with Crippen molar-refractivity contribution in [2.75, 3.05) is 0 Å². The zero-order valence-corrected chi connectivity index (χ0v) is 19.0. The van der Waals surface area contributed by atoms with Crippen LogP contribution >= 0.6 is 22.6 Å². The van der Waals surface area contributed by atoms with Crippen molar-refractivity contribution in [3.05, 3.63) is 53.6 Å². The number of aromatic nitrogens is 2. The molecule has 31 heavy (non-hydrogen) atoms. The molecule has 2 aromatic rings. The molecule has 0 aliphatic carbocycles. The Balaban J connectivity index is 2.18. The molecule has 0 saturated heterocycles. The number of benzene rings is 1. The van der Waals surface area contributed by atoms with Gasteiger partial charge in [-0.2, -0.15) is 13.2 Å². The molecule has 0 spiro atoms. The number of rotatable bonds is 9. The van der Waals surface area contributed by atoms with Crippen molar-refractivity contribution in [2.45, 2.75) is 49.5 Å². The first-order chi connectivity index (χ1) is 14.4. The summed E-state index contributed by atoms with van der Waals surface area (Å²) in [5.41, 5.74) is 0.520. The number of carbonyl (C=O) groups is 2. The van der Waals surface area contributed by atoms with Crippen molar-refractivity contribution in [1.29, 1.82) is 0 Å².